The van der Waals surface area contributed by atoms with Gasteiger partial charge in [0.25, 0.3) is 0 Å². The van der Waals surface area contributed by atoms with Crippen LogP contribution in [0.4, 0.5) is 0 Å². The first-order valence-electron chi connectivity index (χ1n) is 5.63. The Morgan fingerprint density at radius 2 is 1.94 bits per heavy atom. The first-order chi connectivity index (χ1) is 7.94. The van der Waals surface area contributed by atoms with Crippen molar-refractivity contribution in [1.82, 2.24) is 10.6 Å². The highest BCUT2D eigenvalue weighted by atomic mass is 35.5. The van der Waals surface area contributed by atoms with Crippen molar-refractivity contribution in [3.63, 3.8) is 0 Å². The van der Waals surface area contributed by atoms with E-state index < -0.39 is 0 Å². The normalized spacial score (nSPS) is 10.7. The second kappa shape index (κ2) is 7.62. The van der Waals surface area contributed by atoms with Crippen molar-refractivity contribution >= 4 is 29.9 Å². The number of halogens is 2. The van der Waals surface area contributed by atoms with E-state index in [0.717, 1.165) is 10.6 Å². The lowest BCUT2D eigenvalue weighted by Gasteiger charge is -2.27. The standard InChI is InChI=1S/C13H19ClN2O.ClH/c1-13(2,16-12(17)9-15-3)8-10-6-4-5-7-11(10)14;/h4-7,15H,8-9H2,1-3H3,(H,16,17);1H. The number of carbonyl (C=O) groups excluding carboxylic acids is 1. The van der Waals surface area contributed by atoms with E-state index in [4.69, 9.17) is 11.6 Å². The van der Waals surface area contributed by atoms with Crippen molar-refractivity contribution in [3.05, 3.63) is 34.9 Å². The van der Waals surface area contributed by atoms with Gasteiger partial charge in [-0.05, 0) is 38.9 Å². The van der Waals surface area contributed by atoms with Crippen LogP contribution in [0.15, 0.2) is 24.3 Å². The number of nitrogens with one attached hydrogen (secondary N) is 2. The second-order valence-electron chi connectivity index (χ2n) is 4.73. The molecule has 0 bridgehead atoms. The fraction of sp³-hybridized carbons (Fsp3) is 0.462. The molecule has 2 N–H and O–H groups in total. The molecule has 1 rings (SSSR count). The summed E-state index contributed by atoms with van der Waals surface area (Å²) in [5, 5.41) is 6.54. The van der Waals surface area contributed by atoms with Crippen LogP contribution < -0.4 is 10.6 Å². The van der Waals surface area contributed by atoms with Crippen LogP contribution in [-0.4, -0.2) is 25.0 Å². The molecule has 1 aromatic rings. The fourth-order valence-corrected chi connectivity index (χ4v) is 1.95. The third-order valence-electron chi connectivity index (χ3n) is 2.41. The van der Waals surface area contributed by atoms with Crippen molar-refractivity contribution in [2.45, 2.75) is 25.8 Å². The predicted molar refractivity (Wildman–Crippen MR) is 78.6 cm³/mol. The first-order valence-corrected chi connectivity index (χ1v) is 6.01. The number of hydrogen-bond donors (Lipinski definition) is 2. The highest BCUT2D eigenvalue weighted by Gasteiger charge is 2.21. The molecular weight excluding hydrogens is 271 g/mol. The molecule has 102 valence electrons. The minimum atomic E-state index is -0.307. The quantitative estimate of drug-likeness (QED) is 0.874. The SMILES string of the molecule is CNCC(=O)NC(C)(C)Cc1ccccc1Cl.Cl. The van der Waals surface area contributed by atoms with Gasteiger partial charge in [0, 0.05) is 10.6 Å². The number of rotatable bonds is 5. The van der Waals surface area contributed by atoms with Crippen molar-refractivity contribution in [2.75, 3.05) is 13.6 Å². The lowest BCUT2D eigenvalue weighted by Crippen LogP contribution is -2.47. The molecule has 0 aromatic heterocycles. The van der Waals surface area contributed by atoms with Gasteiger partial charge in [0.05, 0.1) is 6.54 Å². The smallest absolute Gasteiger partial charge is 0.234 e. The van der Waals surface area contributed by atoms with Crippen LogP contribution >= 0.6 is 24.0 Å². The molecule has 3 nitrogen and oxygen atoms in total. The van der Waals surface area contributed by atoms with Crippen molar-refractivity contribution in [2.24, 2.45) is 0 Å². The zero-order chi connectivity index (χ0) is 12.9. The monoisotopic (exact) mass is 290 g/mol. The summed E-state index contributed by atoms with van der Waals surface area (Å²) in [7, 11) is 1.75. The van der Waals surface area contributed by atoms with Gasteiger partial charge >= 0.3 is 0 Å². The van der Waals surface area contributed by atoms with Crippen LogP contribution in [0.5, 0.6) is 0 Å². The molecule has 0 radical (unpaired) electrons. The molecule has 0 aliphatic heterocycles. The molecule has 0 aliphatic rings. The number of carbonyl (C=O) groups is 1. The summed E-state index contributed by atoms with van der Waals surface area (Å²) < 4.78 is 0. The second-order valence-corrected chi connectivity index (χ2v) is 5.14. The Kier molecular flexibility index (Phi) is 7.29. The predicted octanol–water partition coefficient (Wildman–Crippen LogP) is 2.42. The Morgan fingerprint density at radius 1 is 1.33 bits per heavy atom. The molecule has 0 aliphatic carbocycles. The van der Waals surface area contributed by atoms with E-state index in [0.29, 0.717) is 13.0 Å². The minimum absolute atomic E-state index is 0. The van der Waals surface area contributed by atoms with Gasteiger partial charge in [-0.15, -0.1) is 12.4 Å². The van der Waals surface area contributed by atoms with E-state index >= 15 is 0 Å². The molecule has 0 atom stereocenters. The van der Waals surface area contributed by atoms with Gasteiger partial charge in [0.1, 0.15) is 0 Å². The van der Waals surface area contributed by atoms with Gasteiger partial charge in [-0.25, -0.2) is 0 Å². The lowest BCUT2D eigenvalue weighted by molar-refractivity contribution is -0.121. The zero-order valence-corrected chi connectivity index (χ0v) is 12.5. The Hall–Kier alpha value is -0.770. The summed E-state index contributed by atoms with van der Waals surface area (Å²) >= 11 is 6.10. The molecule has 1 amide bonds. The van der Waals surface area contributed by atoms with Crippen molar-refractivity contribution in [1.29, 1.82) is 0 Å². The average molecular weight is 291 g/mol. The first kappa shape index (κ1) is 17.2. The molecule has 0 fully saturated rings. The van der Waals surface area contributed by atoms with E-state index in [2.05, 4.69) is 10.6 Å². The van der Waals surface area contributed by atoms with Crippen LogP contribution in [-0.2, 0) is 11.2 Å². The summed E-state index contributed by atoms with van der Waals surface area (Å²) in [6.45, 7) is 4.31. The number of likely N-dealkylation sites (N-methyl/N-ethyl adjacent to an activating group) is 1. The Balaban J connectivity index is 0.00000289. The molecule has 0 spiro atoms. The van der Waals surface area contributed by atoms with Crippen LogP contribution in [0.3, 0.4) is 0 Å². The Morgan fingerprint density at radius 3 is 2.50 bits per heavy atom. The number of benzene rings is 1. The van der Waals surface area contributed by atoms with Gasteiger partial charge in [0.15, 0.2) is 0 Å². The maximum atomic E-state index is 11.5. The molecule has 0 heterocycles. The molecular formula is C13H20Cl2N2O. The van der Waals surface area contributed by atoms with Crippen molar-refractivity contribution in [3.8, 4) is 0 Å². The lowest BCUT2D eigenvalue weighted by atomic mass is 9.95. The summed E-state index contributed by atoms with van der Waals surface area (Å²) in [5.41, 5.74) is 0.739. The number of hydrogen-bond acceptors (Lipinski definition) is 2. The van der Waals surface area contributed by atoms with Crippen LogP contribution in [0.1, 0.15) is 19.4 Å². The molecule has 18 heavy (non-hydrogen) atoms. The molecule has 5 heteroatoms. The topological polar surface area (TPSA) is 41.1 Å². The van der Waals surface area contributed by atoms with Crippen LogP contribution in [0.2, 0.25) is 5.02 Å². The Labute approximate surface area is 120 Å². The van der Waals surface area contributed by atoms with E-state index in [-0.39, 0.29) is 23.9 Å². The average Bonchev–Trinajstić information content (AvgIpc) is 2.20. The summed E-state index contributed by atoms with van der Waals surface area (Å²) in [4.78, 5) is 11.5. The van der Waals surface area contributed by atoms with Crippen LogP contribution in [0.25, 0.3) is 0 Å². The van der Waals surface area contributed by atoms with E-state index in [1.807, 2.05) is 38.1 Å². The van der Waals surface area contributed by atoms with E-state index in [1.165, 1.54) is 0 Å². The largest absolute Gasteiger partial charge is 0.350 e. The van der Waals surface area contributed by atoms with E-state index in [9.17, 15) is 4.79 Å². The molecule has 1 aromatic carbocycles. The number of amides is 1. The third kappa shape index (κ3) is 5.71. The fourth-order valence-electron chi connectivity index (χ4n) is 1.74. The van der Waals surface area contributed by atoms with Gasteiger partial charge < -0.3 is 10.6 Å². The maximum absolute atomic E-state index is 11.5. The molecule has 0 unspecified atom stereocenters. The van der Waals surface area contributed by atoms with Crippen LogP contribution in [0, 0.1) is 0 Å². The van der Waals surface area contributed by atoms with E-state index in [1.54, 1.807) is 7.05 Å². The summed E-state index contributed by atoms with van der Waals surface area (Å²) in [6.07, 6.45) is 0.710. The highest BCUT2D eigenvalue weighted by Crippen LogP contribution is 2.20. The summed E-state index contributed by atoms with van der Waals surface area (Å²) in [5.74, 6) is -0.00967. The molecule has 0 saturated heterocycles. The van der Waals surface area contributed by atoms with Gasteiger partial charge in [-0.1, -0.05) is 29.8 Å². The zero-order valence-electron chi connectivity index (χ0n) is 10.9. The minimum Gasteiger partial charge on any atom is -0.350 e. The van der Waals surface area contributed by atoms with Gasteiger partial charge in [-0.3, -0.25) is 4.79 Å². The van der Waals surface area contributed by atoms with Crippen molar-refractivity contribution < 1.29 is 4.79 Å². The van der Waals surface area contributed by atoms with Gasteiger partial charge in [0.2, 0.25) is 5.91 Å². The highest BCUT2D eigenvalue weighted by molar-refractivity contribution is 6.31. The summed E-state index contributed by atoms with van der Waals surface area (Å²) in [6, 6.07) is 7.70. The molecule has 0 saturated carbocycles. The Bertz CT molecular complexity index is 394. The third-order valence-corrected chi connectivity index (χ3v) is 2.77. The maximum Gasteiger partial charge on any atom is 0.234 e. The van der Waals surface area contributed by atoms with Gasteiger partial charge in [-0.2, -0.15) is 0 Å².